The molecule has 1 aromatic rings. The van der Waals surface area contributed by atoms with Crippen LogP contribution in [0, 0.1) is 25.7 Å². The van der Waals surface area contributed by atoms with Gasteiger partial charge in [-0.25, -0.2) is 0 Å². The number of amides is 1. The number of nitrogens with one attached hydrogen (secondary N) is 1. The number of carbonyl (C=O) groups excluding carboxylic acids is 2. The molecule has 2 unspecified atom stereocenters. The molecule has 0 heterocycles. The normalized spacial score (nSPS) is 21.5. The smallest absolute Gasteiger partial charge is 0.228 e. The molecule has 2 atom stereocenters. The first-order valence-electron chi connectivity index (χ1n) is 6.72. The molecule has 20 heavy (non-hydrogen) atoms. The minimum absolute atomic E-state index is 0.256. The fraction of sp³-hybridized carbons (Fsp3) is 0.375. The van der Waals surface area contributed by atoms with Crippen LogP contribution in [0.1, 0.15) is 24.0 Å². The van der Waals surface area contributed by atoms with Crippen LogP contribution in [0.15, 0.2) is 30.4 Å². The molecule has 1 N–H and O–H groups in total. The number of aryl methyl sites for hydroxylation is 2. The van der Waals surface area contributed by atoms with E-state index < -0.39 is 17.8 Å². The summed E-state index contributed by atoms with van der Waals surface area (Å²) in [6.45, 7) is 3.91. The molecule has 1 aromatic carbocycles. The van der Waals surface area contributed by atoms with Gasteiger partial charge in [0.2, 0.25) is 5.91 Å². The summed E-state index contributed by atoms with van der Waals surface area (Å²) in [6, 6.07) is 5.76. The van der Waals surface area contributed by atoms with Gasteiger partial charge in [-0.2, -0.15) is 0 Å². The third kappa shape index (κ3) is 3.26. The number of carboxylic acids is 1. The third-order valence-corrected chi connectivity index (χ3v) is 3.56. The Morgan fingerprint density at radius 3 is 2.15 bits per heavy atom. The van der Waals surface area contributed by atoms with E-state index in [0.29, 0.717) is 18.5 Å². The number of benzene rings is 1. The van der Waals surface area contributed by atoms with Crippen LogP contribution in [0.2, 0.25) is 0 Å². The molecule has 4 nitrogen and oxygen atoms in total. The van der Waals surface area contributed by atoms with Crippen molar-refractivity contribution in [3.63, 3.8) is 0 Å². The maximum Gasteiger partial charge on any atom is 0.228 e. The molecule has 0 fully saturated rings. The van der Waals surface area contributed by atoms with Crippen LogP contribution < -0.4 is 10.4 Å². The average Bonchev–Trinajstić information content (AvgIpc) is 2.37. The Hall–Kier alpha value is -2.10. The van der Waals surface area contributed by atoms with Gasteiger partial charge in [-0.15, -0.1) is 0 Å². The number of carboxylic acid groups (broad SMARTS) is 1. The van der Waals surface area contributed by atoms with Crippen molar-refractivity contribution in [1.29, 1.82) is 0 Å². The second kappa shape index (κ2) is 5.90. The van der Waals surface area contributed by atoms with E-state index in [-0.39, 0.29) is 5.91 Å². The van der Waals surface area contributed by atoms with Crippen molar-refractivity contribution >= 4 is 17.6 Å². The number of rotatable bonds is 3. The molecular weight excluding hydrogens is 254 g/mol. The molecule has 0 aliphatic heterocycles. The van der Waals surface area contributed by atoms with E-state index in [1.807, 2.05) is 38.1 Å². The molecule has 2 rings (SSSR count). The molecule has 0 bridgehead atoms. The second-order valence-corrected chi connectivity index (χ2v) is 5.34. The van der Waals surface area contributed by atoms with E-state index in [9.17, 15) is 14.7 Å². The molecule has 1 amide bonds. The molecule has 0 spiro atoms. The fourth-order valence-electron chi connectivity index (χ4n) is 2.65. The summed E-state index contributed by atoms with van der Waals surface area (Å²) in [5, 5.41) is 13.9. The summed E-state index contributed by atoms with van der Waals surface area (Å²) in [4.78, 5) is 23.4. The highest BCUT2D eigenvalue weighted by molar-refractivity contribution is 5.95. The first-order chi connectivity index (χ1) is 9.47. The van der Waals surface area contributed by atoms with Crippen molar-refractivity contribution in [3.05, 3.63) is 41.5 Å². The zero-order valence-electron chi connectivity index (χ0n) is 11.7. The van der Waals surface area contributed by atoms with Crippen LogP contribution in [0.3, 0.4) is 0 Å². The van der Waals surface area contributed by atoms with Gasteiger partial charge < -0.3 is 15.2 Å². The van der Waals surface area contributed by atoms with Gasteiger partial charge >= 0.3 is 0 Å². The van der Waals surface area contributed by atoms with Crippen molar-refractivity contribution in [2.24, 2.45) is 11.8 Å². The Morgan fingerprint density at radius 2 is 1.60 bits per heavy atom. The molecule has 0 saturated heterocycles. The third-order valence-electron chi connectivity index (χ3n) is 3.56. The summed E-state index contributed by atoms with van der Waals surface area (Å²) in [6.07, 6.45) is 4.44. The van der Waals surface area contributed by atoms with Crippen molar-refractivity contribution in [2.75, 3.05) is 5.32 Å². The van der Waals surface area contributed by atoms with Gasteiger partial charge in [-0.05, 0) is 49.9 Å². The van der Waals surface area contributed by atoms with Crippen LogP contribution in [0.5, 0.6) is 0 Å². The SMILES string of the molecule is Cc1cc(C)cc(NC(=O)C2CC=CCC2C(=O)[O-])c1. The van der Waals surface area contributed by atoms with Crippen LogP contribution in [-0.4, -0.2) is 11.9 Å². The topological polar surface area (TPSA) is 69.2 Å². The van der Waals surface area contributed by atoms with Gasteiger partial charge in [0, 0.05) is 17.6 Å². The lowest BCUT2D eigenvalue weighted by atomic mass is 9.82. The average molecular weight is 272 g/mol. The molecule has 1 aliphatic carbocycles. The van der Waals surface area contributed by atoms with E-state index in [2.05, 4.69) is 5.32 Å². The predicted octanol–water partition coefficient (Wildman–Crippen LogP) is 1.57. The maximum atomic E-state index is 12.3. The van der Waals surface area contributed by atoms with Gasteiger partial charge in [-0.1, -0.05) is 18.2 Å². The molecule has 0 radical (unpaired) electrons. The molecule has 1 aliphatic rings. The van der Waals surface area contributed by atoms with Crippen molar-refractivity contribution in [1.82, 2.24) is 0 Å². The van der Waals surface area contributed by atoms with Crippen LogP contribution in [-0.2, 0) is 9.59 Å². The summed E-state index contributed by atoms with van der Waals surface area (Å²) < 4.78 is 0. The Morgan fingerprint density at radius 1 is 1.05 bits per heavy atom. The van der Waals surface area contributed by atoms with E-state index in [1.165, 1.54) is 0 Å². The number of allylic oxidation sites excluding steroid dienone is 2. The number of hydrogen-bond acceptors (Lipinski definition) is 3. The number of anilines is 1. The number of aliphatic carboxylic acids is 1. The second-order valence-electron chi connectivity index (χ2n) is 5.34. The highest BCUT2D eigenvalue weighted by atomic mass is 16.4. The molecule has 0 saturated carbocycles. The minimum atomic E-state index is -1.16. The summed E-state index contributed by atoms with van der Waals surface area (Å²) in [5.41, 5.74) is 2.82. The largest absolute Gasteiger partial charge is 0.550 e. The fourth-order valence-corrected chi connectivity index (χ4v) is 2.65. The van der Waals surface area contributed by atoms with Gasteiger partial charge in [0.15, 0.2) is 0 Å². The van der Waals surface area contributed by atoms with E-state index >= 15 is 0 Å². The molecule has 0 aromatic heterocycles. The standard InChI is InChI=1S/C16H19NO3/c1-10-7-11(2)9-12(8-10)17-15(18)13-5-3-4-6-14(13)16(19)20/h3-4,7-9,13-14H,5-6H2,1-2H3,(H,17,18)(H,19,20)/p-1. The monoisotopic (exact) mass is 272 g/mol. The van der Waals surface area contributed by atoms with Gasteiger partial charge in [0.25, 0.3) is 0 Å². The first kappa shape index (κ1) is 14.3. The highest BCUT2D eigenvalue weighted by Crippen LogP contribution is 2.27. The molecule has 4 heteroatoms. The van der Waals surface area contributed by atoms with Crippen molar-refractivity contribution in [3.8, 4) is 0 Å². The zero-order valence-corrected chi connectivity index (χ0v) is 11.7. The number of hydrogen-bond donors (Lipinski definition) is 1. The highest BCUT2D eigenvalue weighted by Gasteiger charge is 2.29. The van der Waals surface area contributed by atoms with Gasteiger partial charge in [0.1, 0.15) is 0 Å². The van der Waals surface area contributed by atoms with Gasteiger partial charge in [-0.3, -0.25) is 4.79 Å². The first-order valence-corrected chi connectivity index (χ1v) is 6.72. The van der Waals surface area contributed by atoms with Crippen LogP contribution in [0.25, 0.3) is 0 Å². The lowest BCUT2D eigenvalue weighted by molar-refractivity contribution is -0.313. The molecule has 106 valence electrons. The quantitative estimate of drug-likeness (QED) is 0.849. The zero-order chi connectivity index (χ0) is 14.7. The summed E-state index contributed by atoms with van der Waals surface area (Å²) in [5.74, 6) is -2.72. The lowest BCUT2D eigenvalue weighted by Crippen LogP contribution is -2.41. The van der Waals surface area contributed by atoms with Crippen molar-refractivity contribution < 1.29 is 14.7 Å². The predicted molar refractivity (Wildman–Crippen MR) is 74.9 cm³/mol. The van der Waals surface area contributed by atoms with E-state index in [1.54, 1.807) is 6.08 Å². The lowest BCUT2D eigenvalue weighted by Gasteiger charge is -2.28. The summed E-state index contributed by atoms with van der Waals surface area (Å²) >= 11 is 0. The molecular formula is C16H18NO3-. The summed E-state index contributed by atoms with van der Waals surface area (Å²) in [7, 11) is 0. The van der Waals surface area contributed by atoms with E-state index in [0.717, 1.165) is 11.1 Å². The Labute approximate surface area is 118 Å². The minimum Gasteiger partial charge on any atom is -0.550 e. The Balaban J connectivity index is 2.14. The van der Waals surface area contributed by atoms with Crippen molar-refractivity contribution in [2.45, 2.75) is 26.7 Å². The van der Waals surface area contributed by atoms with Crippen LogP contribution in [0.4, 0.5) is 5.69 Å². The Kier molecular flexibility index (Phi) is 4.23. The maximum absolute atomic E-state index is 12.3. The Bertz CT molecular complexity index is 543. The van der Waals surface area contributed by atoms with Gasteiger partial charge in [0.05, 0.1) is 5.92 Å². The number of carbonyl (C=O) groups is 2. The van der Waals surface area contributed by atoms with Crippen LogP contribution >= 0.6 is 0 Å². The van der Waals surface area contributed by atoms with E-state index in [4.69, 9.17) is 0 Å².